The first kappa shape index (κ1) is 21.2. The molecule has 1 heterocycles. The number of carbonyl (C=O) groups is 2. The first-order valence-electron chi connectivity index (χ1n) is 9.59. The highest BCUT2D eigenvalue weighted by Gasteiger charge is 2.26. The van der Waals surface area contributed by atoms with Crippen molar-refractivity contribution in [3.8, 4) is 0 Å². The molecule has 1 unspecified atom stereocenters. The number of benzene rings is 1. The third kappa shape index (κ3) is 7.56. The van der Waals surface area contributed by atoms with Gasteiger partial charge in [-0.25, -0.2) is 4.79 Å². The van der Waals surface area contributed by atoms with E-state index in [2.05, 4.69) is 16.0 Å². The van der Waals surface area contributed by atoms with Gasteiger partial charge < -0.3 is 25.8 Å². The molecule has 0 bridgehead atoms. The lowest BCUT2D eigenvalue weighted by atomic mass is 9.99. The molecule has 2 amide bonds. The molecular weight excluding hydrogens is 346 g/mol. The van der Waals surface area contributed by atoms with E-state index in [-0.39, 0.29) is 18.4 Å². The van der Waals surface area contributed by atoms with Gasteiger partial charge in [-0.15, -0.1) is 0 Å². The van der Waals surface area contributed by atoms with E-state index in [1.807, 2.05) is 44.2 Å². The van der Waals surface area contributed by atoms with Crippen molar-refractivity contribution in [1.29, 1.82) is 0 Å². The zero-order chi connectivity index (χ0) is 19.6. The lowest BCUT2D eigenvalue weighted by Crippen LogP contribution is -2.48. The summed E-state index contributed by atoms with van der Waals surface area (Å²) < 4.78 is 5.26. The molecule has 0 radical (unpaired) electrons. The normalized spacial score (nSPS) is 18.8. The van der Waals surface area contributed by atoms with Crippen LogP contribution in [-0.2, 0) is 16.1 Å². The van der Waals surface area contributed by atoms with Crippen molar-refractivity contribution in [1.82, 2.24) is 16.0 Å². The Labute approximate surface area is 160 Å². The minimum Gasteiger partial charge on any atom is -0.445 e. The van der Waals surface area contributed by atoms with Crippen molar-refractivity contribution < 1.29 is 19.4 Å². The van der Waals surface area contributed by atoms with Gasteiger partial charge in [0.15, 0.2) is 0 Å². The SMILES string of the molecule is CC(C)C[C@@H](NC(=O)OCc1ccccc1)C(O)CNC[C@@H]1CCNC1=O. The van der Waals surface area contributed by atoms with Crippen LogP contribution in [0.25, 0.3) is 0 Å². The van der Waals surface area contributed by atoms with Crippen LogP contribution in [0.4, 0.5) is 4.79 Å². The Morgan fingerprint density at radius 1 is 1.33 bits per heavy atom. The van der Waals surface area contributed by atoms with Crippen molar-refractivity contribution in [3.63, 3.8) is 0 Å². The van der Waals surface area contributed by atoms with E-state index in [9.17, 15) is 14.7 Å². The predicted molar refractivity (Wildman–Crippen MR) is 103 cm³/mol. The van der Waals surface area contributed by atoms with Gasteiger partial charge in [0.1, 0.15) is 6.61 Å². The maximum atomic E-state index is 12.1. The molecule has 1 aliphatic rings. The highest BCUT2D eigenvalue weighted by atomic mass is 16.5. The van der Waals surface area contributed by atoms with Crippen LogP contribution in [0, 0.1) is 11.8 Å². The second-order valence-electron chi connectivity index (χ2n) is 7.44. The monoisotopic (exact) mass is 377 g/mol. The van der Waals surface area contributed by atoms with Gasteiger partial charge in [0.05, 0.1) is 18.1 Å². The van der Waals surface area contributed by atoms with Crippen molar-refractivity contribution in [3.05, 3.63) is 35.9 Å². The number of carbonyl (C=O) groups excluding carboxylic acids is 2. The molecule has 1 aliphatic heterocycles. The first-order valence-corrected chi connectivity index (χ1v) is 9.59. The zero-order valence-corrected chi connectivity index (χ0v) is 16.1. The summed E-state index contributed by atoms with van der Waals surface area (Å²) in [5.41, 5.74) is 0.908. The highest BCUT2D eigenvalue weighted by Crippen LogP contribution is 2.11. The van der Waals surface area contributed by atoms with E-state index in [0.717, 1.165) is 12.0 Å². The number of hydrogen-bond donors (Lipinski definition) is 4. The maximum Gasteiger partial charge on any atom is 0.407 e. The molecule has 7 heteroatoms. The number of nitrogens with one attached hydrogen (secondary N) is 3. The standard InChI is InChI=1S/C20H31N3O4/c1-14(2)10-17(18(24)12-21-11-16-8-9-22-19(16)25)23-20(26)27-13-15-6-4-3-5-7-15/h3-7,14,16-18,21,24H,8-13H2,1-2H3,(H,22,25)(H,23,26)/t16-,17+,18?/m0/s1. The van der Waals surface area contributed by atoms with E-state index in [4.69, 9.17) is 4.74 Å². The number of ether oxygens (including phenoxy) is 1. The molecule has 3 atom stereocenters. The van der Waals surface area contributed by atoms with Crippen molar-refractivity contribution in [2.24, 2.45) is 11.8 Å². The smallest absolute Gasteiger partial charge is 0.407 e. The Morgan fingerprint density at radius 2 is 2.07 bits per heavy atom. The van der Waals surface area contributed by atoms with Crippen LogP contribution in [-0.4, -0.2) is 48.9 Å². The molecule has 7 nitrogen and oxygen atoms in total. The van der Waals surface area contributed by atoms with Crippen molar-refractivity contribution in [2.75, 3.05) is 19.6 Å². The van der Waals surface area contributed by atoms with Crippen LogP contribution < -0.4 is 16.0 Å². The van der Waals surface area contributed by atoms with E-state index >= 15 is 0 Å². The van der Waals surface area contributed by atoms with Crippen LogP contribution in [0.15, 0.2) is 30.3 Å². The number of rotatable bonds is 10. The molecule has 150 valence electrons. The summed E-state index contributed by atoms with van der Waals surface area (Å²) in [6.45, 7) is 5.79. The summed E-state index contributed by atoms with van der Waals surface area (Å²) in [6.07, 6.45) is 0.133. The third-order valence-corrected chi connectivity index (χ3v) is 4.61. The fourth-order valence-electron chi connectivity index (χ4n) is 3.12. The molecule has 2 rings (SSSR count). The van der Waals surface area contributed by atoms with Gasteiger partial charge in [-0.3, -0.25) is 4.79 Å². The molecule has 0 saturated carbocycles. The fraction of sp³-hybridized carbons (Fsp3) is 0.600. The Morgan fingerprint density at radius 3 is 2.70 bits per heavy atom. The van der Waals surface area contributed by atoms with Gasteiger partial charge in [0.2, 0.25) is 5.91 Å². The minimum atomic E-state index is -0.763. The average molecular weight is 377 g/mol. The minimum absolute atomic E-state index is 0.0513. The Hall–Kier alpha value is -2.12. The molecule has 27 heavy (non-hydrogen) atoms. The van der Waals surface area contributed by atoms with Gasteiger partial charge in [-0.1, -0.05) is 44.2 Å². The lowest BCUT2D eigenvalue weighted by molar-refractivity contribution is -0.122. The van der Waals surface area contributed by atoms with Crippen molar-refractivity contribution >= 4 is 12.0 Å². The highest BCUT2D eigenvalue weighted by molar-refractivity contribution is 5.80. The molecule has 0 spiro atoms. The average Bonchev–Trinajstić information content (AvgIpc) is 3.05. The number of aliphatic hydroxyl groups excluding tert-OH is 1. The predicted octanol–water partition coefficient (Wildman–Crippen LogP) is 1.41. The van der Waals surface area contributed by atoms with Crippen LogP contribution in [0.2, 0.25) is 0 Å². The first-order chi connectivity index (χ1) is 13.0. The summed E-state index contributed by atoms with van der Waals surface area (Å²) in [4.78, 5) is 23.7. The van der Waals surface area contributed by atoms with E-state index in [1.165, 1.54) is 0 Å². The van der Waals surface area contributed by atoms with Gasteiger partial charge in [-0.2, -0.15) is 0 Å². The summed E-state index contributed by atoms with van der Waals surface area (Å²) in [5.74, 6) is 0.308. The molecular formula is C20H31N3O4. The maximum absolute atomic E-state index is 12.1. The van der Waals surface area contributed by atoms with E-state index < -0.39 is 18.2 Å². The van der Waals surface area contributed by atoms with Gasteiger partial charge in [0.25, 0.3) is 0 Å². The number of hydrogen-bond acceptors (Lipinski definition) is 5. The van der Waals surface area contributed by atoms with E-state index in [1.54, 1.807) is 0 Å². The largest absolute Gasteiger partial charge is 0.445 e. The Balaban J connectivity index is 1.77. The van der Waals surface area contributed by atoms with Crippen molar-refractivity contribution in [2.45, 2.75) is 45.4 Å². The molecule has 0 aliphatic carbocycles. The zero-order valence-electron chi connectivity index (χ0n) is 16.1. The molecule has 0 aromatic heterocycles. The van der Waals surface area contributed by atoms with Crippen LogP contribution in [0.3, 0.4) is 0 Å². The van der Waals surface area contributed by atoms with Gasteiger partial charge in [-0.05, 0) is 24.3 Å². The van der Waals surface area contributed by atoms with Crippen LogP contribution in [0.5, 0.6) is 0 Å². The van der Waals surface area contributed by atoms with Gasteiger partial charge >= 0.3 is 6.09 Å². The van der Waals surface area contributed by atoms with Crippen LogP contribution >= 0.6 is 0 Å². The topological polar surface area (TPSA) is 99.7 Å². The number of alkyl carbamates (subject to hydrolysis) is 1. The second kappa shape index (κ2) is 10.9. The quantitative estimate of drug-likeness (QED) is 0.494. The van der Waals surface area contributed by atoms with Gasteiger partial charge in [0, 0.05) is 19.6 Å². The lowest BCUT2D eigenvalue weighted by Gasteiger charge is -2.26. The van der Waals surface area contributed by atoms with Crippen LogP contribution in [0.1, 0.15) is 32.3 Å². The molecule has 1 saturated heterocycles. The third-order valence-electron chi connectivity index (χ3n) is 4.61. The molecule has 1 aromatic carbocycles. The summed E-state index contributed by atoms with van der Waals surface area (Å²) in [6, 6.07) is 9.03. The molecule has 1 aromatic rings. The summed E-state index contributed by atoms with van der Waals surface area (Å²) in [7, 11) is 0. The Kier molecular flexibility index (Phi) is 8.54. The second-order valence-corrected chi connectivity index (χ2v) is 7.44. The molecule has 4 N–H and O–H groups in total. The number of amides is 2. The summed E-state index contributed by atoms with van der Waals surface area (Å²) in [5, 5.41) is 19.2. The fourth-order valence-corrected chi connectivity index (χ4v) is 3.12. The summed E-state index contributed by atoms with van der Waals surface area (Å²) >= 11 is 0. The number of aliphatic hydroxyl groups is 1. The molecule has 1 fully saturated rings. The van der Waals surface area contributed by atoms with E-state index in [0.29, 0.717) is 32.0 Å². The Bertz CT molecular complexity index is 594.